The van der Waals surface area contributed by atoms with Gasteiger partial charge in [-0.05, 0) is 26.7 Å². The first-order valence-corrected chi connectivity index (χ1v) is 7.22. The largest absolute Gasteiger partial charge is 0.464 e. The molecule has 0 saturated carbocycles. The maximum atomic E-state index is 12.4. The zero-order valence-corrected chi connectivity index (χ0v) is 11.0. The molecule has 0 spiro atoms. The van der Waals surface area contributed by atoms with Crippen LogP contribution in [0.25, 0.3) is 0 Å². The highest BCUT2D eigenvalue weighted by Crippen LogP contribution is 2.29. The molecule has 0 bridgehead atoms. The number of aryl methyl sites for hydroxylation is 1. The van der Waals surface area contributed by atoms with Crippen LogP contribution in [0.4, 0.5) is 0 Å². The quantitative estimate of drug-likeness (QED) is 0.884. The third-order valence-electron chi connectivity index (χ3n) is 3.20. The van der Waals surface area contributed by atoms with E-state index in [1.54, 1.807) is 11.2 Å². The fraction of sp³-hybridized carbons (Fsp3) is 0.636. The zero-order valence-electron chi connectivity index (χ0n) is 10.1. The normalized spacial score (nSPS) is 22.2. The minimum Gasteiger partial charge on any atom is -0.464 e. The molecule has 6 heteroatoms. The Balaban J connectivity index is 2.40. The zero-order chi connectivity index (χ0) is 12.6. The highest BCUT2D eigenvalue weighted by Gasteiger charge is 2.34. The summed E-state index contributed by atoms with van der Waals surface area (Å²) < 4.78 is 31.7. The van der Waals surface area contributed by atoms with Crippen molar-refractivity contribution in [3.63, 3.8) is 0 Å². The second-order valence-corrected chi connectivity index (χ2v) is 6.30. The molecule has 1 aromatic rings. The van der Waals surface area contributed by atoms with Gasteiger partial charge >= 0.3 is 0 Å². The molecule has 1 atom stereocenters. The number of hydrogen-bond donors (Lipinski definition) is 1. The Morgan fingerprint density at radius 2 is 2.29 bits per heavy atom. The lowest BCUT2D eigenvalue weighted by Gasteiger charge is -2.20. The van der Waals surface area contributed by atoms with Crippen molar-refractivity contribution in [2.24, 2.45) is 5.73 Å². The molecule has 17 heavy (non-hydrogen) atoms. The first-order chi connectivity index (χ1) is 7.96. The second kappa shape index (κ2) is 4.44. The molecule has 0 amide bonds. The van der Waals surface area contributed by atoms with Crippen molar-refractivity contribution < 1.29 is 12.8 Å². The monoisotopic (exact) mass is 258 g/mol. The number of rotatable bonds is 3. The fourth-order valence-corrected chi connectivity index (χ4v) is 4.16. The van der Waals surface area contributed by atoms with Gasteiger partial charge in [-0.1, -0.05) is 0 Å². The predicted molar refractivity (Wildman–Crippen MR) is 63.9 cm³/mol. The summed E-state index contributed by atoms with van der Waals surface area (Å²) in [5.41, 5.74) is 5.45. The number of nitrogens with two attached hydrogens (primary N) is 1. The Kier molecular flexibility index (Phi) is 3.29. The van der Waals surface area contributed by atoms with Crippen LogP contribution >= 0.6 is 0 Å². The number of hydrogen-bond acceptors (Lipinski definition) is 4. The maximum absolute atomic E-state index is 12.4. The Morgan fingerprint density at radius 3 is 2.76 bits per heavy atom. The highest BCUT2D eigenvalue weighted by atomic mass is 32.2. The molecule has 0 aliphatic carbocycles. The summed E-state index contributed by atoms with van der Waals surface area (Å²) in [5.74, 6) is 0.928. The molecule has 1 unspecified atom stereocenters. The van der Waals surface area contributed by atoms with Crippen LogP contribution < -0.4 is 5.73 Å². The fourth-order valence-electron chi connectivity index (χ4n) is 2.27. The van der Waals surface area contributed by atoms with Crippen molar-refractivity contribution in [3.8, 4) is 0 Å². The molecule has 0 aromatic carbocycles. The van der Waals surface area contributed by atoms with Gasteiger partial charge in [0.25, 0.3) is 0 Å². The Labute approximate surface area is 102 Å². The van der Waals surface area contributed by atoms with Crippen LogP contribution in [0.2, 0.25) is 0 Å². The van der Waals surface area contributed by atoms with E-state index in [9.17, 15) is 8.42 Å². The van der Waals surface area contributed by atoms with E-state index in [0.717, 1.165) is 12.8 Å². The van der Waals surface area contributed by atoms with Crippen LogP contribution in [-0.4, -0.2) is 25.3 Å². The average Bonchev–Trinajstić information content (AvgIpc) is 2.84. The summed E-state index contributed by atoms with van der Waals surface area (Å²) in [5, 5.41) is 0. The Bertz CT molecular complexity index is 507. The van der Waals surface area contributed by atoms with Gasteiger partial charge in [-0.15, -0.1) is 0 Å². The van der Waals surface area contributed by atoms with E-state index in [-0.39, 0.29) is 17.5 Å². The third-order valence-corrected chi connectivity index (χ3v) is 5.32. The number of furan rings is 1. The molecule has 2 heterocycles. The molecule has 1 aromatic heterocycles. The van der Waals surface area contributed by atoms with Gasteiger partial charge in [-0.3, -0.25) is 0 Å². The van der Waals surface area contributed by atoms with E-state index in [4.69, 9.17) is 10.2 Å². The van der Waals surface area contributed by atoms with Gasteiger partial charge in [-0.2, -0.15) is 4.31 Å². The van der Waals surface area contributed by atoms with Crippen molar-refractivity contribution in [3.05, 3.63) is 17.6 Å². The van der Waals surface area contributed by atoms with Crippen molar-refractivity contribution in [2.45, 2.75) is 44.2 Å². The van der Waals surface area contributed by atoms with Crippen molar-refractivity contribution in [1.29, 1.82) is 0 Å². The molecule has 1 aliphatic heterocycles. The molecule has 1 saturated heterocycles. The lowest BCUT2D eigenvalue weighted by Crippen LogP contribution is -2.33. The maximum Gasteiger partial charge on any atom is 0.246 e. The van der Waals surface area contributed by atoms with Crippen molar-refractivity contribution >= 4 is 10.0 Å². The lowest BCUT2D eigenvalue weighted by atomic mass is 10.3. The van der Waals surface area contributed by atoms with E-state index >= 15 is 0 Å². The predicted octanol–water partition coefficient (Wildman–Crippen LogP) is 1.22. The molecular formula is C11H18N2O3S. The topological polar surface area (TPSA) is 76.5 Å². The summed E-state index contributed by atoms with van der Waals surface area (Å²) in [6, 6.07) is 1.60. The van der Waals surface area contributed by atoms with Crippen LogP contribution in [0.1, 0.15) is 31.3 Å². The van der Waals surface area contributed by atoms with Crippen molar-refractivity contribution in [1.82, 2.24) is 4.31 Å². The smallest absolute Gasteiger partial charge is 0.246 e. The molecule has 2 rings (SSSR count). The SMILES string of the molecule is Cc1oc(CN)cc1S(=O)(=O)N1CCCC1C. The standard InChI is InChI=1S/C11H18N2O3S/c1-8-4-3-5-13(8)17(14,15)11-6-10(7-12)16-9(11)2/h6,8H,3-5,7,12H2,1-2H3. The van der Waals surface area contributed by atoms with Gasteiger partial charge in [-0.25, -0.2) is 8.42 Å². The Morgan fingerprint density at radius 1 is 1.59 bits per heavy atom. The molecule has 1 aliphatic rings. The molecule has 96 valence electrons. The van der Waals surface area contributed by atoms with Gasteiger partial charge in [0.1, 0.15) is 16.4 Å². The van der Waals surface area contributed by atoms with E-state index in [1.807, 2.05) is 6.92 Å². The van der Waals surface area contributed by atoms with Crippen LogP contribution in [-0.2, 0) is 16.6 Å². The Hall–Kier alpha value is -0.850. The molecule has 5 nitrogen and oxygen atoms in total. The van der Waals surface area contributed by atoms with Crippen LogP contribution in [0.5, 0.6) is 0 Å². The van der Waals surface area contributed by atoms with E-state index in [2.05, 4.69) is 0 Å². The van der Waals surface area contributed by atoms with Gasteiger partial charge in [0.15, 0.2) is 0 Å². The summed E-state index contributed by atoms with van der Waals surface area (Å²) >= 11 is 0. The van der Waals surface area contributed by atoms with Gasteiger partial charge in [0.2, 0.25) is 10.0 Å². The molecule has 2 N–H and O–H groups in total. The number of nitrogens with zero attached hydrogens (tertiary/aromatic N) is 1. The van der Waals surface area contributed by atoms with Crippen LogP contribution in [0, 0.1) is 6.92 Å². The van der Waals surface area contributed by atoms with E-state index in [0.29, 0.717) is 18.1 Å². The second-order valence-electron chi connectivity index (χ2n) is 4.44. The highest BCUT2D eigenvalue weighted by molar-refractivity contribution is 7.89. The summed E-state index contributed by atoms with van der Waals surface area (Å²) in [7, 11) is -3.42. The van der Waals surface area contributed by atoms with Crippen LogP contribution in [0.3, 0.4) is 0 Å². The molecule has 1 fully saturated rings. The average molecular weight is 258 g/mol. The van der Waals surface area contributed by atoms with Gasteiger partial charge < -0.3 is 10.2 Å². The lowest BCUT2D eigenvalue weighted by molar-refractivity contribution is 0.406. The first kappa shape index (κ1) is 12.6. The van der Waals surface area contributed by atoms with Crippen LogP contribution in [0.15, 0.2) is 15.4 Å². The molecule has 0 radical (unpaired) electrons. The minimum atomic E-state index is -3.42. The summed E-state index contributed by atoms with van der Waals surface area (Å²) in [6.07, 6.45) is 1.83. The first-order valence-electron chi connectivity index (χ1n) is 5.78. The van der Waals surface area contributed by atoms with Gasteiger partial charge in [0.05, 0.1) is 6.54 Å². The van der Waals surface area contributed by atoms with E-state index < -0.39 is 10.0 Å². The van der Waals surface area contributed by atoms with E-state index in [1.165, 1.54) is 6.07 Å². The minimum absolute atomic E-state index is 0.0654. The van der Waals surface area contributed by atoms with Crippen molar-refractivity contribution in [2.75, 3.05) is 6.54 Å². The molecular weight excluding hydrogens is 240 g/mol. The van der Waals surface area contributed by atoms with Gasteiger partial charge in [0, 0.05) is 18.7 Å². The third kappa shape index (κ3) is 2.12. The summed E-state index contributed by atoms with van der Waals surface area (Å²) in [4.78, 5) is 0.256. The number of sulfonamides is 1. The summed E-state index contributed by atoms with van der Waals surface area (Å²) in [6.45, 7) is 4.40.